The van der Waals surface area contributed by atoms with Crippen molar-refractivity contribution in [2.24, 2.45) is 11.7 Å². The fourth-order valence-electron chi connectivity index (χ4n) is 2.96. The van der Waals surface area contributed by atoms with Gasteiger partial charge in [-0.25, -0.2) is 0 Å². The van der Waals surface area contributed by atoms with E-state index in [4.69, 9.17) is 17.3 Å². The summed E-state index contributed by atoms with van der Waals surface area (Å²) in [4.78, 5) is 25.8. The molecule has 1 aromatic rings. The van der Waals surface area contributed by atoms with Crippen molar-refractivity contribution in [3.63, 3.8) is 0 Å². The lowest BCUT2D eigenvalue weighted by Crippen LogP contribution is -2.42. The fraction of sp³-hybridized carbons (Fsp3) is 0.444. The van der Waals surface area contributed by atoms with Crippen LogP contribution in [0.3, 0.4) is 0 Å². The Morgan fingerprint density at radius 3 is 2.50 bits per heavy atom. The molecule has 3 N–H and O–H groups in total. The Hall–Kier alpha value is -2.01. The van der Waals surface area contributed by atoms with Gasteiger partial charge in [0.25, 0.3) is 5.91 Å². The molecule has 0 atom stereocenters. The van der Waals surface area contributed by atoms with Crippen molar-refractivity contribution < 1.29 is 9.59 Å². The summed E-state index contributed by atoms with van der Waals surface area (Å²) >= 11 is 5.92. The molecule has 24 heavy (non-hydrogen) atoms. The van der Waals surface area contributed by atoms with Crippen molar-refractivity contribution >= 4 is 29.5 Å². The van der Waals surface area contributed by atoms with Crippen LogP contribution in [0.25, 0.3) is 6.08 Å². The average molecular weight is 350 g/mol. The zero-order valence-electron chi connectivity index (χ0n) is 14.1. The number of hydrogen-bond donors (Lipinski definition) is 2. The maximum absolute atomic E-state index is 12.2. The minimum atomic E-state index is -0.280. The first kappa shape index (κ1) is 18.3. The number of nitrogens with two attached hydrogens (primary N) is 1. The minimum absolute atomic E-state index is 0.0625. The molecule has 1 aromatic carbocycles. The number of nitrogens with one attached hydrogen (secondary N) is 1. The Morgan fingerprint density at radius 2 is 1.92 bits per heavy atom. The van der Waals surface area contributed by atoms with E-state index in [1.54, 1.807) is 37.2 Å². The minimum Gasteiger partial charge on any atom is -0.394 e. The highest BCUT2D eigenvalue weighted by atomic mass is 35.5. The fourth-order valence-corrected chi connectivity index (χ4v) is 3.16. The van der Waals surface area contributed by atoms with Gasteiger partial charge in [0.15, 0.2) is 0 Å². The van der Waals surface area contributed by atoms with E-state index in [1.165, 1.54) is 0 Å². The molecule has 0 aromatic heterocycles. The van der Waals surface area contributed by atoms with Gasteiger partial charge in [0.2, 0.25) is 5.91 Å². The quantitative estimate of drug-likeness (QED) is 0.819. The normalized spacial score (nSPS) is 21.2. The lowest BCUT2D eigenvalue weighted by Gasteiger charge is -2.29. The van der Waals surface area contributed by atoms with Gasteiger partial charge in [-0.3, -0.25) is 9.59 Å². The molecule has 1 aliphatic rings. The molecule has 1 aliphatic carbocycles. The van der Waals surface area contributed by atoms with E-state index in [0.717, 1.165) is 31.2 Å². The van der Waals surface area contributed by atoms with E-state index in [1.807, 2.05) is 12.1 Å². The summed E-state index contributed by atoms with van der Waals surface area (Å²) < 4.78 is 0. The van der Waals surface area contributed by atoms with Crippen molar-refractivity contribution in [1.82, 2.24) is 10.2 Å². The first-order valence-corrected chi connectivity index (χ1v) is 8.49. The van der Waals surface area contributed by atoms with Crippen LogP contribution in [0.5, 0.6) is 0 Å². The molecule has 2 rings (SSSR count). The van der Waals surface area contributed by atoms with Crippen LogP contribution in [0.4, 0.5) is 0 Å². The summed E-state index contributed by atoms with van der Waals surface area (Å²) in [7, 11) is 3.55. The third kappa shape index (κ3) is 4.99. The summed E-state index contributed by atoms with van der Waals surface area (Å²) in [6, 6.07) is 7.23. The largest absolute Gasteiger partial charge is 0.394 e. The first-order chi connectivity index (χ1) is 11.4. The van der Waals surface area contributed by atoms with Crippen molar-refractivity contribution in [3.05, 3.63) is 40.5 Å². The molecule has 0 spiro atoms. The van der Waals surface area contributed by atoms with E-state index >= 15 is 0 Å². The highest BCUT2D eigenvalue weighted by Crippen LogP contribution is 2.25. The second kappa shape index (κ2) is 8.20. The maximum atomic E-state index is 12.2. The Morgan fingerprint density at radius 1 is 1.25 bits per heavy atom. The van der Waals surface area contributed by atoms with E-state index in [0.29, 0.717) is 5.02 Å². The third-order valence-corrected chi connectivity index (χ3v) is 4.52. The second-order valence-electron chi connectivity index (χ2n) is 6.41. The van der Waals surface area contributed by atoms with Gasteiger partial charge >= 0.3 is 0 Å². The van der Waals surface area contributed by atoms with Crippen LogP contribution >= 0.6 is 11.6 Å². The number of carbonyl (C=O) groups excluding carboxylic acids is 2. The molecule has 0 unspecified atom stereocenters. The number of carbonyl (C=O) groups is 2. The number of hydrogen-bond acceptors (Lipinski definition) is 3. The highest BCUT2D eigenvalue weighted by molar-refractivity contribution is 6.30. The Labute approximate surface area is 147 Å². The SMILES string of the molecule is CN(C)C(=O)C1CCC(NC(=O)/C(N)=C/c2cccc(Cl)c2)CC1. The van der Waals surface area contributed by atoms with Gasteiger partial charge in [0.1, 0.15) is 0 Å². The molecule has 6 heteroatoms. The highest BCUT2D eigenvalue weighted by Gasteiger charge is 2.28. The van der Waals surface area contributed by atoms with Crippen LogP contribution in [0.1, 0.15) is 31.2 Å². The molecule has 5 nitrogen and oxygen atoms in total. The molecule has 0 saturated heterocycles. The van der Waals surface area contributed by atoms with Gasteiger partial charge in [0, 0.05) is 31.1 Å². The summed E-state index contributed by atoms with van der Waals surface area (Å²) in [5.74, 6) is -0.0509. The molecule has 0 heterocycles. The van der Waals surface area contributed by atoms with Gasteiger partial charge in [0.05, 0.1) is 5.70 Å². The first-order valence-electron chi connectivity index (χ1n) is 8.11. The molecule has 130 valence electrons. The van der Waals surface area contributed by atoms with Gasteiger partial charge in [-0.1, -0.05) is 23.7 Å². The smallest absolute Gasteiger partial charge is 0.267 e. The standard InChI is InChI=1S/C18H24ClN3O2/c1-22(2)18(24)13-6-8-15(9-7-13)21-17(23)16(20)11-12-4-3-5-14(19)10-12/h3-5,10-11,13,15H,6-9,20H2,1-2H3,(H,21,23)/b16-11-. The predicted octanol–water partition coefficient (Wildman–Crippen LogP) is 2.40. The molecule has 0 bridgehead atoms. The topological polar surface area (TPSA) is 75.4 Å². The summed E-state index contributed by atoms with van der Waals surface area (Å²) in [6.45, 7) is 0. The van der Waals surface area contributed by atoms with E-state index in [-0.39, 0.29) is 29.5 Å². The van der Waals surface area contributed by atoms with Crippen molar-refractivity contribution in [1.29, 1.82) is 0 Å². The second-order valence-corrected chi connectivity index (χ2v) is 6.85. The number of amides is 2. The van der Waals surface area contributed by atoms with Crippen LogP contribution in [0, 0.1) is 5.92 Å². The van der Waals surface area contributed by atoms with E-state index in [9.17, 15) is 9.59 Å². The van der Waals surface area contributed by atoms with Gasteiger partial charge in [-0.15, -0.1) is 0 Å². The molecule has 1 saturated carbocycles. The summed E-state index contributed by atoms with van der Waals surface area (Å²) in [6.07, 6.45) is 4.78. The predicted molar refractivity (Wildman–Crippen MR) is 96.2 cm³/mol. The molecular weight excluding hydrogens is 326 g/mol. The van der Waals surface area contributed by atoms with Crippen molar-refractivity contribution in [2.75, 3.05) is 14.1 Å². The lowest BCUT2D eigenvalue weighted by molar-refractivity contribution is -0.134. The molecule has 2 amide bonds. The van der Waals surface area contributed by atoms with E-state index in [2.05, 4.69) is 5.32 Å². The van der Waals surface area contributed by atoms with Gasteiger partial charge in [-0.05, 0) is 49.5 Å². The van der Waals surface area contributed by atoms with Crippen LogP contribution in [0.15, 0.2) is 30.0 Å². The summed E-state index contributed by atoms with van der Waals surface area (Å²) in [5, 5.41) is 3.55. The van der Waals surface area contributed by atoms with Crippen molar-refractivity contribution in [3.8, 4) is 0 Å². The molecule has 0 aliphatic heterocycles. The number of rotatable bonds is 4. The average Bonchev–Trinajstić information content (AvgIpc) is 2.54. The molecule has 1 fully saturated rings. The Bertz CT molecular complexity index is 635. The zero-order chi connectivity index (χ0) is 17.7. The van der Waals surface area contributed by atoms with Crippen LogP contribution in [0.2, 0.25) is 5.02 Å². The van der Waals surface area contributed by atoms with Crippen LogP contribution < -0.4 is 11.1 Å². The number of benzene rings is 1. The zero-order valence-corrected chi connectivity index (χ0v) is 14.8. The lowest BCUT2D eigenvalue weighted by atomic mass is 9.85. The van der Waals surface area contributed by atoms with Crippen molar-refractivity contribution in [2.45, 2.75) is 31.7 Å². The number of halogens is 1. The monoisotopic (exact) mass is 349 g/mol. The van der Waals surface area contributed by atoms with E-state index < -0.39 is 0 Å². The summed E-state index contributed by atoms with van der Waals surface area (Å²) in [5.41, 5.74) is 6.82. The molecular formula is C18H24ClN3O2. The maximum Gasteiger partial charge on any atom is 0.267 e. The van der Waals surface area contributed by atoms with Gasteiger partial charge in [-0.2, -0.15) is 0 Å². The Kier molecular flexibility index (Phi) is 6.26. The van der Waals surface area contributed by atoms with Crippen LogP contribution in [-0.4, -0.2) is 36.9 Å². The third-order valence-electron chi connectivity index (χ3n) is 4.29. The number of nitrogens with zero attached hydrogens (tertiary/aromatic N) is 1. The van der Waals surface area contributed by atoms with Gasteiger partial charge < -0.3 is 16.0 Å². The Balaban J connectivity index is 1.88. The molecule has 0 radical (unpaired) electrons. The van der Waals surface area contributed by atoms with Crippen LogP contribution in [-0.2, 0) is 9.59 Å².